The molecular formula is C17H17NO4. The molecule has 114 valence electrons. The van der Waals surface area contributed by atoms with E-state index < -0.39 is 5.79 Å². The van der Waals surface area contributed by atoms with Crippen LogP contribution in [0.25, 0.3) is 0 Å². The molecule has 5 nitrogen and oxygen atoms in total. The molecular weight excluding hydrogens is 282 g/mol. The number of rotatable bonds is 1. The number of nitrogens with zero attached hydrogens (tertiary/aromatic N) is 1. The second kappa shape index (κ2) is 4.18. The molecule has 2 bridgehead atoms. The second-order valence-corrected chi connectivity index (χ2v) is 6.71. The van der Waals surface area contributed by atoms with Crippen LogP contribution in [-0.4, -0.2) is 30.8 Å². The van der Waals surface area contributed by atoms with E-state index in [1.807, 2.05) is 30.3 Å². The molecule has 5 heteroatoms. The summed E-state index contributed by atoms with van der Waals surface area (Å²) in [6.45, 7) is 1.18. The highest BCUT2D eigenvalue weighted by molar-refractivity contribution is 6.22. The molecule has 0 unspecified atom stereocenters. The summed E-state index contributed by atoms with van der Waals surface area (Å²) in [7, 11) is 0. The van der Waals surface area contributed by atoms with Crippen LogP contribution < -0.4 is 4.90 Å². The third-order valence-corrected chi connectivity index (χ3v) is 5.80. The molecule has 5 rings (SSSR count). The minimum atomic E-state index is -0.603. The van der Waals surface area contributed by atoms with Gasteiger partial charge in [-0.25, -0.2) is 0 Å². The number of anilines is 1. The van der Waals surface area contributed by atoms with Gasteiger partial charge in [0, 0.05) is 12.3 Å². The van der Waals surface area contributed by atoms with Crippen molar-refractivity contribution >= 4 is 17.5 Å². The molecule has 2 saturated carbocycles. The number of hydrogen-bond donors (Lipinski definition) is 0. The van der Waals surface area contributed by atoms with Crippen LogP contribution in [-0.2, 0) is 19.1 Å². The molecule has 1 spiro atoms. The van der Waals surface area contributed by atoms with Crippen LogP contribution in [0.5, 0.6) is 0 Å². The van der Waals surface area contributed by atoms with E-state index in [4.69, 9.17) is 9.47 Å². The predicted octanol–water partition coefficient (Wildman–Crippen LogP) is 1.58. The van der Waals surface area contributed by atoms with Crippen LogP contribution in [0.15, 0.2) is 30.3 Å². The van der Waals surface area contributed by atoms with E-state index in [9.17, 15) is 9.59 Å². The second-order valence-electron chi connectivity index (χ2n) is 6.71. The summed E-state index contributed by atoms with van der Waals surface area (Å²) in [5.41, 5.74) is 0.675. The number of hydrogen-bond acceptors (Lipinski definition) is 4. The molecule has 22 heavy (non-hydrogen) atoms. The van der Waals surface area contributed by atoms with Gasteiger partial charge in [-0.1, -0.05) is 18.2 Å². The van der Waals surface area contributed by atoms with Gasteiger partial charge in [0.2, 0.25) is 11.8 Å². The summed E-state index contributed by atoms with van der Waals surface area (Å²) < 4.78 is 11.7. The number of imide groups is 1. The highest BCUT2D eigenvalue weighted by Gasteiger charge is 2.70. The van der Waals surface area contributed by atoms with Gasteiger partial charge in [-0.2, -0.15) is 0 Å². The molecule has 2 amide bonds. The third-order valence-electron chi connectivity index (χ3n) is 5.80. The zero-order chi connectivity index (χ0) is 14.9. The fraction of sp³-hybridized carbons (Fsp3) is 0.529. The molecule has 2 heterocycles. The SMILES string of the molecule is O=C1[C@@H]2[C@@H]3C[C@H]([C@@H]2C(=O)N1c1ccccc1)C1(C3)OCCO1. The van der Waals surface area contributed by atoms with Gasteiger partial charge in [0.25, 0.3) is 0 Å². The van der Waals surface area contributed by atoms with Crippen molar-refractivity contribution in [2.24, 2.45) is 23.7 Å². The molecule has 1 aromatic rings. The fourth-order valence-corrected chi connectivity index (χ4v) is 5.06. The first-order chi connectivity index (χ1) is 10.7. The normalized spacial score (nSPS) is 38.3. The zero-order valence-electron chi connectivity index (χ0n) is 12.1. The van der Waals surface area contributed by atoms with Gasteiger partial charge in [-0.05, 0) is 24.5 Å². The van der Waals surface area contributed by atoms with E-state index in [0.717, 1.165) is 12.8 Å². The summed E-state index contributed by atoms with van der Waals surface area (Å²) in [6.07, 6.45) is 1.62. The smallest absolute Gasteiger partial charge is 0.238 e. The lowest BCUT2D eigenvalue weighted by molar-refractivity contribution is -0.205. The van der Waals surface area contributed by atoms with Gasteiger partial charge in [0.1, 0.15) is 0 Å². The van der Waals surface area contributed by atoms with Crippen LogP contribution in [0, 0.1) is 23.7 Å². The van der Waals surface area contributed by atoms with E-state index in [0.29, 0.717) is 18.9 Å². The summed E-state index contributed by atoms with van der Waals surface area (Å²) >= 11 is 0. The quantitative estimate of drug-likeness (QED) is 0.739. The van der Waals surface area contributed by atoms with Crippen molar-refractivity contribution in [3.63, 3.8) is 0 Å². The lowest BCUT2D eigenvalue weighted by atomic mass is 9.77. The lowest BCUT2D eigenvalue weighted by Gasteiger charge is -2.36. The monoisotopic (exact) mass is 299 g/mol. The van der Waals surface area contributed by atoms with E-state index >= 15 is 0 Å². The van der Waals surface area contributed by atoms with Crippen LogP contribution in [0.1, 0.15) is 12.8 Å². The summed E-state index contributed by atoms with van der Waals surface area (Å²) in [6, 6.07) is 9.22. The van der Waals surface area contributed by atoms with Crippen molar-refractivity contribution < 1.29 is 19.1 Å². The van der Waals surface area contributed by atoms with E-state index in [-0.39, 0.29) is 35.5 Å². The molecule has 2 saturated heterocycles. The summed E-state index contributed by atoms with van der Waals surface area (Å²) in [5, 5.41) is 0. The lowest BCUT2D eigenvalue weighted by Crippen LogP contribution is -2.45. The Bertz CT molecular complexity index is 652. The van der Waals surface area contributed by atoms with Crippen LogP contribution in [0.3, 0.4) is 0 Å². The Labute approximate surface area is 128 Å². The van der Waals surface area contributed by atoms with Gasteiger partial charge in [-0.15, -0.1) is 0 Å². The minimum absolute atomic E-state index is 0.0233. The molecule has 0 N–H and O–H groups in total. The van der Waals surface area contributed by atoms with Crippen molar-refractivity contribution in [3.8, 4) is 0 Å². The molecule has 4 atom stereocenters. The van der Waals surface area contributed by atoms with Crippen molar-refractivity contribution in [2.75, 3.05) is 18.1 Å². The first-order valence-corrected chi connectivity index (χ1v) is 7.92. The van der Waals surface area contributed by atoms with Crippen molar-refractivity contribution in [1.82, 2.24) is 0 Å². The first kappa shape index (κ1) is 12.8. The maximum absolute atomic E-state index is 12.9. The molecule has 2 aliphatic carbocycles. The minimum Gasteiger partial charge on any atom is -0.347 e. The van der Waals surface area contributed by atoms with Gasteiger partial charge in [0.05, 0.1) is 30.7 Å². The average molecular weight is 299 g/mol. The first-order valence-electron chi connectivity index (χ1n) is 7.92. The Hall–Kier alpha value is -1.72. The maximum Gasteiger partial charge on any atom is 0.238 e. The van der Waals surface area contributed by atoms with Crippen LogP contribution in [0.4, 0.5) is 5.69 Å². The fourth-order valence-electron chi connectivity index (χ4n) is 5.06. The van der Waals surface area contributed by atoms with Gasteiger partial charge >= 0.3 is 0 Å². The highest BCUT2D eigenvalue weighted by Crippen LogP contribution is 2.62. The number of amides is 2. The number of benzene rings is 1. The third kappa shape index (κ3) is 1.41. The average Bonchev–Trinajstić information content (AvgIpc) is 3.26. The highest BCUT2D eigenvalue weighted by atomic mass is 16.7. The number of fused-ring (bicyclic) bond motifs is 6. The standard InChI is InChI=1S/C17H17NO4/c19-15-13-10-8-12(17(9-10)21-6-7-22-17)14(13)16(20)18(15)11-4-2-1-3-5-11/h1-5,10,12-14H,6-9H2/t10-,12-,13-,14+/m1/s1. The van der Waals surface area contributed by atoms with E-state index in [2.05, 4.69) is 0 Å². The number of carbonyl (C=O) groups is 2. The summed E-state index contributed by atoms with van der Waals surface area (Å²) in [5.74, 6) is -0.948. The molecule has 0 radical (unpaired) electrons. The van der Waals surface area contributed by atoms with Gasteiger partial charge in [0.15, 0.2) is 5.79 Å². The van der Waals surface area contributed by atoms with Crippen molar-refractivity contribution in [2.45, 2.75) is 18.6 Å². The van der Waals surface area contributed by atoms with Crippen molar-refractivity contribution in [1.29, 1.82) is 0 Å². The van der Waals surface area contributed by atoms with Gasteiger partial charge in [-0.3, -0.25) is 14.5 Å². The summed E-state index contributed by atoms with van der Waals surface area (Å²) in [4.78, 5) is 27.1. The Morgan fingerprint density at radius 3 is 2.41 bits per heavy atom. The molecule has 2 aliphatic heterocycles. The van der Waals surface area contributed by atoms with E-state index in [1.54, 1.807) is 0 Å². The number of para-hydroxylation sites is 1. The number of carbonyl (C=O) groups excluding carboxylic acids is 2. The van der Waals surface area contributed by atoms with E-state index in [1.165, 1.54) is 4.90 Å². The Morgan fingerprint density at radius 1 is 1.00 bits per heavy atom. The number of ether oxygens (including phenoxy) is 2. The molecule has 4 aliphatic rings. The molecule has 1 aromatic carbocycles. The predicted molar refractivity (Wildman–Crippen MR) is 76.8 cm³/mol. The molecule has 0 aromatic heterocycles. The molecule has 4 fully saturated rings. The maximum atomic E-state index is 12.9. The van der Waals surface area contributed by atoms with Crippen LogP contribution in [0.2, 0.25) is 0 Å². The Balaban J connectivity index is 1.54. The zero-order valence-corrected chi connectivity index (χ0v) is 12.1. The van der Waals surface area contributed by atoms with Gasteiger partial charge < -0.3 is 9.47 Å². The van der Waals surface area contributed by atoms with Crippen LogP contribution >= 0.6 is 0 Å². The Kier molecular flexibility index (Phi) is 2.43. The Morgan fingerprint density at radius 2 is 1.68 bits per heavy atom. The largest absolute Gasteiger partial charge is 0.347 e. The van der Waals surface area contributed by atoms with Crippen molar-refractivity contribution in [3.05, 3.63) is 30.3 Å². The topological polar surface area (TPSA) is 55.8 Å².